The number of H-pyrrole nitrogens is 1. The van der Waals surface area contributed by atoms with Gasteiger partial charge in [-0.15, -0.1) is 0 Å². The number of aromatic nitrogens is 2. The maximum Gasteiger partial charge on any atom is 0.258 e. The van der Waals surface area contributed by atoms with Gasteiger partial charge in [0.25, 0.3) is 5.91 Å². The maximum absolute atomic E-state index is 12.2. The molecule has 7 nitrogen and oxygen atoms in total. The summed E-state index contributed by atoms with van der Waals surface area (Å²) in [7, 11) is 0. The number of carbonyl (C=O) groups excluding carboxylic acids is 1. The number of nitrogens with zero attached hydrogens (tertiary/aromatic N) is 2. The Morgan fingerprint density at radius 2 is 2.15 bits per heavy atom. The molecule has 0 aliphatic rings. The van der Waals surface area contributed by atoms with Crippen LogP contribution in [0.1, 0.15) is 29.8 Å². The number of pyridine rings is 1. The van der Waals surface area contributed by atoms with E-state index in [9.17, 15) is 14.9 Å². The number of anilines is 1. The third-order valence-corrected chi connectivity index (χ3v) is 4.48. The molecule has 3 aromatic rings. The fourth-order valence-corrected chi connectivity index (χ4v) is 3.11. The monoisotopic (exact) mass is 380 g/mol. The highest BCUT2D eigenvalue weighted by Crippen LogP contribution is 2.33. The summed E-state index contributed by atoms with van der Waals surface area (Å²) in [4.78, 5) is 30.8. The molecule has 0 fully saturated rings. The quantitative estimate of drug-likeness (QED) is 0.705. The van der Waals surface area contributed by atoms with Crippen molar-refractivity contribution in [2.24, 2.45) is 0 Å². The van der Waals surface area contributed by atoms with E-state index in [1.165, 1.54) is 29.7 Å². The highest BCUT2D eigenvalue weighted by Gasteiger charge is 2.13. The van der Waals surface area contributed by atoms with Crippen LogP contribution in [0.3, 0.4) is 0 Å². The van der Waals surface area contributed by atoms with E-state index < -0.39 is 0 Å². The number of carbonyl (C=O) groups is 1. The molecule has 0 radical (unpaired) electrons. The lowest BCUT2D eigenvalue weighted by Gasteiger charge is -2.12. The average molecular weight is 380 g/mol. The molecule has 0 aliphatic heterocycles. The number of hydrogen-bond acceptors (Lipinski definition) is 6. The zero-order chi connectivity index (χ0) is 19.4. The molecule has 0 spiro atoms. The zero-order valence-corrected chi connectivity index (χ0v) is 15.5. The van der Waals surface area contributed by atoms with E-state index in [-0.39, 0.29) is 17.6 Å². The first kappa shape index (κ1) is 18.4. The summed E-state index contributed by atoms with van der Waals surface area (Å²) in [6, 6.07) is 10.1. The third-order valence-electron chi connectivity index (χ3n) is 3.52. The number of hydrogen-bond donors (Lipinski definition) is 2. The van der Waals surface area contributed by atoms with Gasteiger partial charge in [-0.25, -0.2) is 4.98 Å². The summed E-state index contributed by atoms with van der Waals surface area (Å²) < 4.78 is 5.70. The Labute approximate surface area is 159 Å². The predicted octanol–water partition coefficient (Wildman–Crippen LogP) is 3.41. The minimum atomic E-state index is -0.365. The number of thiazole rings is 1. The molecule has 0 atom stereocenters. The van der Waals surface area contributed by atoms with Crippen LogP contribution in [0.2, 0.25) is 0 Å². The minimum Gasteiger partial charge on any atom is -0.490 e. The summed E-state index contributed by atoms with van der Waals surface area (Å²) in [5.74, 6) is 0.146. The molecule has 0 bridgehead atoms. The van der Waals surface area contributed by atoms with Gasteiger partial charge in [-0.05, 0) is 37.6 Å². The number of benzene rings is 1. The van der Waals surface area contributed by atoms with Crippen LogP contribution < -0.4 is 15.6 Å². The van der Waals surface area contributed by atoms with Crippen molar-refractivity contribution in [3.05, 3.63) is 64.2 Å². The lowest BCUT2D eigenvalue weighted by atomic mass is 10.1. The van der Waals surface area contributed by atoms with Crippen LogP contribution in [-0.4, -0.2) is 22.0 Å². The molecule has 8 heteroatoms. The highest BCUT2D eigenvalue weighted by atomic mass is 32.1. The van der Waals surface area contributed by atoms with Crippen LogP contribution >= 0.6 is 11.3 Å². The Bertz CT molecular complexity index is 1060. The molecule has 2 aromatic heterocycles. The summed E-state index contributed by atoms with van der Waals surface area (Å²) in [5, 5.41) is 12.3. The van der Waals surface area contributed by atoms with Gasteiger partial charge in [0, 0.05) is 18.5 Å². The van der Waals surface area contributed by atoms with E-state index in [1.54, 1.807) is 18.3 Å². The Hall–Kier alpha value is -3.44. The van der Waals surface area contributed by atoms with Gasteiger partial charge in [-0.1, -0.05) is 17.4 Å². The van der Waals surface area contributed by atoms with Crippen LogP contribution in [0.15, 0.2) is 47.5 Å². The number of nitriles is 1. The molecule has 136 valence electrons. The number of nitrogens with one attached hydrogen (secondary N) is 2. The van der Waals surface area contributed by atoms with E-state index in [1.807, 2.05) is 19.9 Å². The summed E-state index contributed by atoms with van der Waals surface area (Å²) in [5.41, 5.74) is 1.36. The summed E-state index contributed by atoms with van der Waals surface area (Å²) >= 11 is 1.30. The topological polar surface area (TPSA) is 108 Å². The molecule has 1 aromatic carbocycles. The number of aromatic amines is 1. The van der Waals surface area contributed by atoms with Gasteiger partial charge < -0.3 is 9.72 Å². The third kappa shape index (κ3) is 4.40. The van der Waals surface area contributed by atoms with Crippen molar-refractivity contribution in [2.45, 2.75) is 20.0 Å². The van der Waals surface area contributed by atoms with Crippen molar-refractivity contribution < 1.29 is 9.53 Å². The van der Waals surface area contributed by atoms with Crippen LogP contribution in [0.25, 0.3) is 10.4 Å². The van der Waals surface area contributed by atoms with Crippen molar-refractivity contribution in [2.75, 3.05) is 5.32 Å². The number of ether oxygens (including phenoxy) is 1. The van der Waals surface area contributed by atoms with Crippen molar-refractivity contribution in [3.63, 3.8) is 0 Å². The SMILES string of the molecule is CC(C)Oc1cc(-c2cnc(NC(=O)c3ccc(=O)[nH]c3)s2)ccc1C#N. The normalized spacial score (nSPS) is 10.4. The Balaban J connectivity index is 1.81. The molecule has 0 saturated carbocycles. The van der Waals surface area contributed by atoms with E-state index in [0.29, 0.717) is 22.0 Å². The first-order valence-electron chi connectivity index (χ1n) is 8.13. The second-order valence-electron chi connectivity index (χ2n) is 5.91. The second-order valence-corrected chi connectivity index (χ2v) is 6.95. The van der Waals surface area contributed by atoms with E-state index in [4.69, 9.17) is 4.74 Å². The van der Waals surface area contributed by atoms with Gasteiger partial charge in [-0.2, -0.15) is 5.26 Å². The molecule has 2 heterocycles. The van der Waals surface area contributed by atoms with Gasteiger partial charge in [0.05, 0.1) is 22.1 Å². The minimum absolute atomic E-state index is 0.0547. The Kier molecular flexibility index (Phi) is 5.33. The molecule has 0 aliphatic carbocycles. The van der Waals surface area contributed by atoms with Crippen molar-refractivity contribution in [1.82, 2.24) is 9.97 Å². The first-order chi connectivity index (χ1) is 13.0. The fraction of sp³-hybridized carbons (Fsp3) is 0.158. The average Bonchev–Trinajstić information content (AvgIpc) is 3.10. The van der Waals surface area contributed by atoms with Gasteiger partial charge >= 0.3 is 0 Å². The van der Waals surface area contributed by atoms with Crippen LogP contribution in [0.4, 0.5) is 5.13 Å². The standard InChI is InChI=1S/C19H16N4O3S/c1-11(2)26-15-7-12(3-4-13(15)8-20)16-10-22-19(27-16)23-18(25)14-5-6-17(24)21-9-14/h3-7,9-11H,1-2H3,(H,21,24)(H,22,23,25). The molecule has 0 saturated heterocycles. The first-order valence-corrected chi connectivity index (χ1v) is 8.95. The summed E-state index contributed by atoms with van der Waals surface area (Å²) in [6.07, 6.45) is 2.94. The molecule has 3 rings (SSSR count). The van der Waals surface area contributed by atoms with E-state index in [2.05, 4.69) is 21.4 Å². The predicted molar refractivity (Wildman–Crippen MR) is 103 cm³/mol. The fourth-order valence-electron chi connectivity index (χ4n) is 2.31. The maximum atomic E-state index is 12.2. The Morgan fingerprint density at radius 1 is 1.33 bits per heavy atom. The second kappa shape index (κ2) is 7.85. The Morgan fingerprint density at radius 3 is 2.81 bits per heavy atom. The molecular weight excluding hydrogens is 364 g/mol. The van der Waals surface area contributed by atoms with Gasteiger partial charge in [-0.3, -0.25) is 14.9 Å². The molecular formula is C19H16N4O3S. The smallest absolute Gasteiger partial charge is 0.258 e. The lowest BCUT2D eigenvalue weighted by molar-refractivity contribution is 0.102. The molecule has 1 amide bonds. The van der Waals surface area contributed by atoms with Crippen LogP contribution in [0.5, 0.6) is 5.75 Å². The van der Waals surface area contributed by atoms with E-state index in [0.717, 1.165) is 10.4 Å². The molecule has 27 heavy (non-hydrogen) atoms. The van der Waals surface area contributed by atoms with Gasteiger partial charge in [0.15, 0.2) is 5.13 Å². The van der Waals surface area contributed by atoms with Gasteiger partial charge in [0.1, 0.15) is 11.8 Å². The van der Waals surface area contributed by atoms with Crippen molar-refractivity contribution in [1.29, 1.82) is 5.26 Å². The molecule has 2 N–H and O–H groups in total. The van der Waals surface area contributed by atoms with Crippen LogP contribution in [-0.2, 0) is 0 Å². The summed E-state index contributed by atoms with van der Waals surface area (Å²) in [6.45, 7) is 3.79. The largest absolute Gasteiger partial charge is 0.490 e. The van der Waals surface area contributed by atoms with Gasteiger partial charge in [0.2, 0.25) is 5.56 Å². The van der Waals surface area contributed by atoms with Crippen LogP contribution in [0, 0.1) is 11.3 Å². The van der Waals surface area contributed by atoms with Crippen molar-refractivity contribution in [3.8, 4) is 22.3 Å². The molecule has 0 unspecified atom stereocenters. The van der Waals surface area contributed by atoms with E-state index >= 15 is 0 Å². The number of amides is 1. The zero-order valence-electron chi connectivity index (χ0n) is 14.6. The van der Waals surface area contributed by atoms with Crippen molar-refractivity contribution >= 4 is 22.4 Å². The highest BCUT2D eigenvalue weighted by molar-refractivity contribution is 7.19. The number of rotatable bonds is 5. The lowest BCUT2D eigenvalue weighted by Crippen LogP contribution is -2.14.